The Morgan fingerprint density at radius 1 is 1.56 bits per heavy atom. The van der Waals surface area contributed by atoms with Crippen LogP contribution < -0.4 is 11.3 Å². The number of hydrogen-bond donors (Lipinski definition) is 2. The van der Waals surface area contributed by atoms with Gasteiger partial charge in [0.15, 0.2) is 0 Å². The molecule has 1 atom stereocenters. The van der Waals surface area contributed by atoms with Gasteiger partial charge >= 0.3 is 0 Å². The van der Waals surface area contributed by atoms with Crippen LogP contribution in [0.4, 0.5) is 0 Å². The van der Waals surface area contributed by atoms with E-state index in [2.05, 4.69) is 0 Å². The maximum Gasteiger partial charge on any atom is 0.234 e. The molecule has 0 radical (unpaired) electrons. The highest BCUT2D eigenvalue weighted by molar-refractivity contribution is 7.89. The van der Waals surface area contributed by atoms with E-state index in [0.717, 1.165) is 12.8 Å². The molecule has 0 aliphatic carbocycles. The molecule has 1 amide bonds. The van der Waals surface area contributed by atoms with Crippen LogP contribution in [-0.4, -0.2) is 37.5 Å². The molecule has 1 unspecified atom stereocenters. The molecule has 0 saturated carbocycles. The summed E-state index contributed by atoms with van der Waals surface area (Å²) < 4.78 is 25.2. The minimum Gasteiger partial charge on any atom is -0.294 e. The second-order valence-corrected chi connectivity index (χ2v) is 6.33. The fraction of sp³-hybridized carbons (Fsp3) is 0.889. The van der Waals surface area contributed by atoms with Gasteiger partial charge < -0.3 is 0 Å². The molecular formula is C9H19N3O3S. The summed E-state index contributed by atoms with van der Waals surface area (Å²) in [6.07, 6.45) is 1.88. The van der Waals surface area contributed by atoms with Gasteiger partial charge in [0, 0.05) is 19.5 Å². The Kier molecular flexibility index (Phi) is 4.69. The molecule has 6 nitrogen and oxygen atoms in total. The number of carbonyl (C=O) groups is 1. The van der Waals surface area contributed by atoms with Gasteiger partial charge in [-0.25, -0.2) is 18.6 Å². The number of rotatable bonds is 4. The Morgan fingerprint density at radius 2 is 2.25 bits per heavy atom. The van der Waals surface area contributed by atoms with Crippen molar-refractivity contribution in [2.75, 3.05) is 18.8 Å². The van der Waals surface area contributed by atoms with E-state index < -0.39 is 15.9 Å². The third kappa shape index (κ3) is 3.73. The van der Waals surface area contributed by atoms with E-state index in [0.29, 0.717) is 19.0 Å². The summed E-state index contributed by atoms with van der Waals surface area (Å²) in [4.78, 5) is 10.9. The lowest BCUT2D eigenvalue weighted by Gasteiger charge is -2.29. The van der Waals surface area contributed by atoms with Gasteiger partial charge in [0.25, 0.3) is 0 Å². The van der Waals surface area contributed by atoms with Crippen LogP contribution in [0.15, 0.2) is 0 Å². The maximum absolute atomic E-state index is 11.9. The van der Waals surface area contributed by atoms with Crippen LogP contribution in [0.1, 0.15) is 26.2 Å². The first-order valence-corrected chi connectivity index (χ1v) is 7.04. The predicted molar refractivity (Wildman–Crippen MR) is 60.7 cm³/mol. The lowest BCUT2D eigenvalue weighted by molar-refractivity contribution is -0.120. The van der Waals surface area contributed by atoms with Gasteiger partial charge in [0.1, 0.15) is 0 Å². The van der Waals surface area contributed by atoms with Crippen molar-refractivity contribution in [3.8, 4) is 0 Å². The number of sulfonamides is 1. The summed E-state index contributed by atoms with van der Waals surface area (Å²) in [5, 5.41) is 0. The van der Waals surface area contributed by atoms with Gasteiger partial charge in [0.05, 0.1) is 5.75 Å². The molecule has 0 aromatic heterocycles. The molecule has 0 aromatic carbocycles. The maximum atomic E-state index is 11.9. The first-order valence-electron chi connectivity index (χ1n) is 5.43. The third-order valence-corrected chi connectivity index (χ3v) is 4.60. The Bertz CT molecular complexity index is 342. The standard InChI is InChI=1S/C9H19N3O3S/c1-8-3-2-5-12(7-8)16(14,15)6-4-9(13)11-10/h8H,2-7,10H2,1H3,(H,11,13). The molecule has 0 spiro atoms. The Morgan fingerprint density at radius 3 is 2.81 bits per heavy atom. The molecule has 0 aromatic rings. The van der Waals surface area contributed by atoms with Gasteiger partial charge in [-0.05, 0) is 18.8 Å². The van der Waals surface area contributed by atoms with Crippen LogP contribution in [0.5, 0.6) is 0 Å². The minimum absolute atomic E-state index is 0.0796. The van der Waals surface area contributed by atoms with E-state index in [4.69, 9.17) is 5.84 Å². The zero-order chi connectivity index (χ0) is 12.2. The van der Waals surface area contributed by atoms with Crippen molar-refractivity contribution in [2.24, 2.45) is 11.8 Å². The fourth-order valence-corrected chi connectivity index (χ4v) is 3.41. The van der Waals surface area contributed by atoms with E-state index in [9.17, 15) is 13.2 Å². The number of carbonyl (C=O) groups excluding carboxylic acids is 1. The second-order valence-electron chi connectivity index (χ2n) is 4.24. The van der Waals surface area contributed by atoms with E-state index in [1.54, 1.807) is 0 Å². The average Bonchev–Trinajstić information content (AvgIpc) is 2.26. The van der Waals surface area contributed by atoms with Crippen molar-refractivity contribution in [1.82, 2.24) is 9.73 Å². The van der Waals surface area contributed by atoms with Crippen LogP contribution in [0, 0.1) is 5.92 Å². The number of piperidine rings is 1. The molecule has 1 aliphatic rings. The highest BCUT2D eigenvalue weighted by Gasteiger charge is 2.27. The minimum atomic E-state index is -3.30. The highest BCUT2D eigenvalue weighted by atomic mass is 32.2. The topological polar surface area (TPSA) is 92.5 Å². The Hall–Kier alpha value is -0.660. The molecule has 1 fully saturated rings. The number of nitrogens with one attached hydrogen (secondary N) is 1. The molecule has 0 bridgehead atoms. The monoisotopic (exact) mass is 249 g/mol. The summed E-state index contributed by atoms with van der Waals surface area (Å²) in [7, 11) is -3.30. The quantitative estimate of drug-likeness (QED) is 0.396. The molecule has 7 heteroatoms. The van der Waals surface area contributed by atoms with Gasteiger partial charge in [-0.15, -0.1) is 0 Å². The van der Waals surface area contributed by atoms with Crippen LogP contribution in [0.2, 0.25) is 0 Å². The molecule has 3 N–H and O–H groups in total. The van der Waals surface area contributed by atoms with Gasteiger partial charge in [-0.3, -0.25) is 10.2 Å². The molecule has 16 heavy (non-hydrogen) atoms. The first-order chi connectivity index (χ1) is 7.45. The summed E-state index contributed by atoms with van der Waals surface area (Å²) in [6.45, 7) is 3.16. The number of nitrogens with two attached hydrogens (primary N) is 1. The van der Waals surface area contributed by atoms with Gasteiger partial charge in [-0.1, -0.05) is 6.92 Å². The van der Waals surface area contributed by atoms with Crippen molar-refractivity contribution < 1.29 is 13.2 Å². The smallest absolute Gasteiger partial charge is 0.234 e. The Balaban J connectivity index is 2.52. The summed E-state index contributed by atoms with van der Waals surface area (Å²) in [5.74, 6) is 4.67. The lowest BCUT2D eigenvalue weighted by Crippen LogP contribution is -2.41. The van der Waals surface area contributed by atoms with Crippen molar-refractivity contribution in [3.63, 3.8) is 0 Å². The largest absolute Gasteiger partial charge is 0.294 e. The number of amides is 1. The molecule has 1 aliphatic heterocycles. The van der Waals surface area contributed by atoms with E-state index >= 15 is 0 Å². The van der Waals surface area contributed by atoms with Crippen LogP contribution in [0.3, 0.4) is 0 Å². The number of hydrazine groups is 1. The van der Waals surface area contributed by atoms with E-state index in [-0.39, 0.29) is 12.2 Å². The molecule has 94 valence electrons. The zero-order valence-electron chi connectivity index (χ0n) is 9.48. The fourth-order valence-electron chi connectivity index (χ4n) is 1.82. The number of hydrogen-bond acceptors (Lipinski definition) is 4. The number of nitrogens with zero attached hydrogens (tertiary/aromatic N) is 1. The van der Waals surface area contributed by atoms with Crippen molar-refractivity contribution in [1.29, 1.82) is 0 Å². The normalized spacial score (nSPS) is 23.0. The van der Waals surface area contributed by atoms with Crippen LogP contribution in [0.25, 0.3) is 0 Å². The average molecular weight is 249 g/mol. The third-order valence-electron chi connectivity index (χ3n) is 2.76. The van der Waals surface area contributed by atoms with Crippen molar-refractivity contribution in [3.05, 3.63) is 0 Å². The second kappa shape index (κ2) is 5.60. The Labute approximate surface area is 96.2 Å². The summed E-state index contributed by atoms with van der Waals surface area (Å²) in [6, 6.07) is 0. The zero-order valence-corrected chi connectivity index (χ0v) is 10.3. The summed E-state index contributed by atoms with van der Waals surface area (Å²) >= 11 is 0. The molecule has 1 heterocycles. The van der Waals surface area contributed by atoms with Gasteiger partial charge in [0.2, 0.25) is 15.9 Å². The highest BCUT2D eigenvalue weighted by Crippen LogP contribution is 2.18. The van der Waals surface area contributed by atoms with E-state index in [1.807, 2.05) is 12.3 Å². The van der Waals surface area contributed by atoms with Crippen molar-refractivity contribution >= 4 is 15.9 Å². The predicted octanol–water partition coefficient (Wildman–Crippen LogP) is -0.572. The molecular weight excluding hydrogens is 230 g/mol. The van der Waals surface area contributed by atoms with Crippen molar-refractivity contribution in [2.45, 2.75) is 26.2 Å². The molecule has 1 rings (SSSR count). The summed E-state index contributed by atoms with van der Waals surface area (Å²) in [5.41, 5.74) is 1.93. The van der Waals surface area contributed by atoms with Crippen LogP contribution >= 0.6 is 0 Å². The lowest BCUT2D eigenvalue weighted by atomic mass is 10.0. The molecule has 1 saturated heterocycles. The van der Waals surface area contributed by atoms with Gasteiger partial charge in [-0.2, -0.15) is 0 Å². The SMILES string of the molecule is CC1CCCN(S(=O)(=O)CCC(=O)NN)C1. The first kappa shape index (κ1) is 13.4. The van der Waals surface area contributed by atoms with Crippen LogP contribution in [-0.2, 0) is 14.8 Å². The van der Waals surface area contributed by atoms with E-state index in [1.165, 1.54) is 4.31 Å².